The minimum atomic E-state index is -0.336. The van der Waals surface area contributed by atoms with Crippen molar-refractivity contribution in [3.8, 4) is 0 Å². The van der Waals surface area contributed by atoms with Gasteiger partial charge in [-0.1, -0.05) is 24.3 Å². The van der Waals surface area contributed by atoms with Gasteiger partial charge in [0.05, 0.1) is 0 Å². The topological polar surface area (TPSA) is 71.3 Å². The SMILES string of the molecule is CCNC(=O)c1cccc(NC(=O)c2oc3ccccc3c2C)c1. The highest BCUT2D eigenvalue weighted by atomic mass is 16.3. The largest absolute Gasteiger partial charge is 0.451 e. The molecule has 0 aliphatic heterocycles. The molecule has 122 valence electrons. The Balaban J connectivity index is 1.85. The first-order valence-electron chi connectivity index (χ1n) is 7.78. The van der Waals surface area contributed by atoms with Crippen molar-refractivity contribution in [2.75, 3.05) is 11.9 Å². The molecule has 0 fully saturated rings. The summed E-state index contributed by atoms with van der Waals surface area (Å²) in [6, 6.07) is 14.3. The van der Waals surface area contributed by atoms with Crippen molar-refractivity contribution in [2.24, 2.45) is 0 Å². The fourth-order valence-electron chi connectivity index (χ4n) is 2.58. The molecule has 0 aliphatic rings. The van der Waals surface area contributed by atoms with E-state index < -0.39 is 0 Å². The van der Waals surface area contributed by atoms with Crippen LogP contribution in [0.4, 0.5) is 5.69 Å². The van der Waals surface area contributed by atoms with Gasteiger partial charge in [0.25, 0.3) is 11.8 Å². The predicted octanol–water partition coefficient (Wildman–Crippen LogP) is 3.74. The lowest BCUT2D eigenvalue weighted by Gasteiger charge is -2.07. The van der Waals surface area contributed by atoms with Gasteiger partial charge in [-0.15, -0.1) is 0 Å². The number of carbonyl (C=O) groups is 2. The quantitative estimate of drug-likeness (QED) is 0.768. The molecule has 0 radical (unpaired) electrons. The first-order chi connectivity index (χ1) is 11.6. The molecular weight excluding hydrogens is 304 g/mol. The van der Waals surface area contributed by atoms with Gasteiger partial charge in [-0.25, -0.2) is 0 Å². The van der Waals surface area contributed by atoms with Crippen LogP contribution < -0.4 is 10.6 Å². The van der Waals surface area contributed by atoms with E-state index in [0.29, 0.717) is 23.4 Å². The minimum absolute atomic E-state index is 0.173. The Hall–Kier alpha value is -3.08. The Labute approximate surface area is 139 Å². The Morgan fingerprint density at radius 2 is 1.83 bits per heavy atom. The first kappa shape index (κ1) is 15.8. The molecular formula is C19H18N2O3. The van der Waals surface area contributed by atoms with Crippen LogP contribution in [-0.2, 0) is 0 Å². The van der Waals surface area contributed by atoms with Crippen LogP contribution in [0.1, 0.15) is 33.4 Å². The van der Waals surface area contributed by atoms with Crippen LogP contribution in [0, 0.1) is 6.92 Å². The average Bonchev–Trinajstić information content (AvgIpc) is 2.93. The number of para-hydroxylation sites is 1. The number of rotatable bonds is 4. The molecule has 0 saturated carbocycles. The zero-order chi connectivity index (χ0) is 17.1. The van der Waals surface area contributed by atoms with E-state index in [4.69, 9.17) is 4.42 Å². The molecule has 3 aromatic rings. The lowest BCUT2D eigenvalue weighted by molar-refractivity contribution is 0.0953. The number of nitrogens with one attached hydrogen (secondary N) is 2. The number of hydrogen-bond acceptors (Lipinski definition) is 3. The van der Waals surface area contributed by atoms with Gasteiger partial charge in [0.2, 0.25) is 0 Å². The summed E-state index contributed by atoms with van der Waals surface area (Å²) in [7, 11) is 0. The molecule has 24 heavy (non-hydrogen) atoms. The zero-order valence-corrected chi connectivity index (χ0v) is 13.6. The van der Waals surface area contributed by atoms with Crippen LogP contribution >= 0.6 is 0 Å². The fourth-order valence-corrected chi connectivity index (χ4v) is 2.58. The number of aryl methyl sites for hydroxylation is 1. The molecule has 0 unspecified atom stereocenters. The number of anilines is 1. The van der Waals surface area contributed by atoms with E-state index in [1.807, 2.05) is 38.1 Å². The molecule has 0 aliphatic carbocycles. The van der Waals surface area contributed by atoms with E-state index in [1.165, 1.54) is 0 Å². The number of carbonyl (C=O) groups excluding carboxylic acids is 2. The smallest absolute Gasteiger partial charge is 0.291 e. The van der Waals surface area contributed by atoms with Crippen LogP contribution in [-0.4, -0.2) is 18.4 Å². The average molecular weight is 322 g/mol. The highest BCUT2D eigenvalue weighted by molar-refractivity contribution is 6.07. The van der Waals surface area contributed by atoms with Gasteiger partial charge < -0.3 is 15.1 Å². The Morgan fingerprint density at radius 1 is 1.04 bits per heavy atom. The lowest BCUT2D eigenvalue weighted by atomic mass is 10.1. The Bertz CT molecular complexity index is 912. The van der Waals surface area contributed by atoms with Gasteiger partial charge in [-0.05, 0) is 38.1 Å². The molecule has 5 heteroatoms. The summed E-state index contributed by atoms with van der Waals surface area (Å²) in [5, 5.41) is 6.43. The molecule has 0 atom stereocenters. The van der Waals surface area contributed by atoms with Crippen molar-refractivity contribution in [1.29, 1.82) is 0 Å². The summed E-state index contributed by atoms with van der Waals surface area (Å²) in [6.45, 7) is 4.26. The summed E-state index contributed by atoms with van der Waals surface area (Å²) in [4.78, 5) is 24.4. The molecule has 2 aromatic carbocycles. The minimum Gasteiger partial charge on any atom is -0.451 e. The van der Waals surface area contributed by atoms with Crippen LogP contribution in [0.5, 0.6) is 0 Å². The number of amides is 2. The fraction of sp³-hybridized carbons (Fsp3) is 0.158. The monoisotopic (exact) mass is 322 g/mol. The van der Waals surface area contributed by atoms with E-state index in [2.05, 4.69) is 10.6 Å². The van der Waals surface area contributed by atoms with Gasteiger partial charge in [0.15, 0.2) is 5.76 Å². The highest BCUT2D eigenvalue weighted by Gasteiger charge is 2.17. The number of fused-ring (bicyclic) bond motifs is 1. The summed E-state index contributed by atoms with van der Waals surface area (Å²) in [5.41, 5.74) is 2.51. The zero-order valence-electron chi connectivity index (χ0n) is 13.6. The maximum absolute atomic E-state index is 12.5. The molecule has 0 spiro atoms. The first-order valence-corrected chi connectivity index (χ1v) is 7.78. The normalized spacial score (nSPS) is 10.6. The van der Waals surface area contributed by atoms with E-state index in [-0.39, 0.29) is 17.6 Å². The molecule has 5 nitrogen and oxygen atoms in total. The molecule has 1 heterocycles. The van der Waals surface area contributed by atoms with Gasteiger partial charge >= 0.3 is 0 Å². The molecule has 3 rings (SSSR count). The third-order valence-corrected chi connectivity index (χ3v) is 3.77. The van der Waals surface area contributed by atoms with Gasteiger partial charge in [-0.3, -0.25) is 9.59 Å². The van der Waals surface area contributed by atoms with Crippen LogP contribution in [0.3, 0.4) is 0 Å². The van der Waals surface area contributed by atoms with Gasteiger partial charge in [0.1, 0.15) is 5.58 Å². The number of hydrogen-bond donors (Lipinski definition) is 2. The highest BCUT2D eigenvalue weighted by Crippen LogP contribution is 2.25. The maximum atomic E-state index is 12.5. The molecule has 0 bridgehead atoms. The maximum Gasteiger partial charge on any atom is 0.291 e. The van der Waals surface area contributed by atoms with Crippen LogP contribution in [0.2, 0.25) is 0 Å². The van der Waals surface area contributed by atoms with Gasteiger partial charge in [0, 0.05) is 28.7 Å². The van der Waals surface area contributed by atoms with E-state index in [0.717, 1.165) is 10.9 Å². The second kappa shape index (κ2) is 6.58. The Kier molecular flexibility index (Phi) is 4.33. The summed E-state index contributed by atoms with van der Waals surface area (Å²) < 4.78 is 5.66. The van der Waals surface area contributed by atoms with E-state index >= 15 is 0 Å². The summed E-state index contributed by atoms with van der Waals surface area (Å²) in [5.74, 6) is -0.232. The van der Waals surface area contributed by atoms with Crippen molar-refractivity contribution < 1.29 is 14.0 Å². The standard InChI is InChI=1S/C19H18N2O3/c1-3-20-18(22)13-7-6-8-14(11-13)21-19(23)17-12(2)15-9-4-5-10-16(15)24-17/h4-11H,3H2,1-2H3,(H,20,22)(H,21,23). The van der Waals surface area contributed by atoms with Crippen LogP contribution in [0.15, 0.2) is 52.9 Å². The van der Waals surface area contributed by atoms with Gasteiger partial charge in [-0.2, -0.15) is 0 Å². The Morgan fingerprint density at radius 3 is 2.58 bits per heavy atom. The van der Waals surface area contributed by atoms with Crippen molar-refractivity contribution in [3.63, 3.8) is 0 Å². The second-order valence-electron chi connectivity index (χ2n) is 5.45. The van der Waals surface area contributed by atoms with E-state index in [1.54, 1.807) is 24.3 Å². The third-order valence-electron chi connectivity index (χ3n) is 3.77. The number of furan rings is 1. The molecule has 2 amide bonds. The molecule has 2 N–H and O–H groups in total. The van der Waals surface area contributed by atoms with E-state index in [9.17, 15) is 9.59 Å². The summed E-state index contributed by atoms with van der Waals surface area (Å²) >= 11 is 0. The molecule has 0 saturated heterocycles. The van der Waals surface area contributed by atoms with Crippen molar-refractivity contribution >= 4 is 28.5 Å². The predicted molar refractivity (Wildman–Crippen MR) is 93.4 cm³/mol. The summed E-state index contributed by atoms with van der Waals surface area (Å²) in [6.07, 6.45) is 0. The second-order valence-corrected chi connectivity index (χ2v) is 5.45. The van der Waals surface area contributed by atoms with Crippen molar-refractivity contribution in [1.82, 2.24) is 5.32 Å². The van der Waals surface area contributed by atoms with Crippen molar-refractivity contribution in [2.45, 2.75) is 13.8 Å². The lowest BCUT2D eigenvalue weighted by Crippen LogP contribution is -2.22. The van der Waals surface area contributed by atoms with Crippen molar-refractivity contribution in [3.05, 3.63) is 65.4 Å². The third kappa shape index (κ3) is 3.01. The number of benzene rings is 2. The van der Waals surface area contributed by atoms with Crippen LogP contribution in [0.25, 0.3) is 11.0 Å². The molecule has 1 aromatic heterocycles.